The Bertz CT molecular complexity index is 813. The van der Waals surface area contributed by atoms with E-state index in [1.165, 1.54) is 11.1 Å². The van der Waals surface area contributed by atoms with Gasteiger partial charge in [-0.2, -0.15) is 5.10 Å². The molecule has 2 heterocycles. The third kappa shape index (κ3) is 6.38. The Morgan fingerprint density at radius 3 is 2.60 bits per heavy atom. The van der Waals surface area contributed by atoms with E-state index in [9.17, 15) is 0 Å². The van der Waals surface area contributed by atoms with Crippen LogP contribution in [0.15, 0.2) is 35.6 Å². The van der Waals surface area contributed by atoms with Crippen molar-refractivity contribution in [2.24, 2.45) is 12.0 Å². The summed E-state index contributed by atoms with van der Waals surface area (Å²) < 4.78 is 12.6. The minimum absolute atomic E-state index is 0.391. The molecule has 1 saturated heterocycles. The summed E-state index contributed by atoms with van der Waals surface area (Å²) in [7, 11) is 7.14. The molecule has 2 N–H and O–H groups in total. The molecule has 0 amide bonds. The Morgan fingerprint density at radius 2 is 1.97 bits per heavy atom. The van der Waals surface area contributed by atoms with Crippen molar-refractivity contribution in [1.82, 2.24) is 25.3 Å². The van der Waals surface area contributed by atoms with E-state index < -0.39 is 0 Å². The fourth-order valence-corrected chi connectivity index (χ4v) is 3.80. The van der Waals surface area contributed by atoms with E-state index in [0.717, 1.165) is 62.9 Å². The number of aliphatic imine (C=N–C) groups is 1. The number of methoxy groups -OCH3 is 2. The Balaban J connectivity index is 1.42. The average Bonchev–Trinajstić information content (AvgIpc) is 3.38. The van der Waals surface area contributed by atoms with Gasteiger partial charge in [-0.05, 0) is 42.5 Å². The molecule has 1 unspecified atom stereocenters. The number of benzene rings is 1. The van der Waals surface area contributed by atoms with Crippen LogP contribution in [0.2, 0.25) is 0 Å². The van der Waals surface area contributed by atoms with E-state index >= 15 is 0 Å². The summed E-state index contributed by atoms with van der Waals surface area (Å²) in [5.74, 6) is 2.53. The quantitative estimate of drug-likeness (QED) is 0.370. The van der Waals surface area contributed by atoms with Crippen molar-refractivity contribution in [3.05, 3.63) is 41.7 Å². The van der Waals surface area contributed by atoms with Gasteiger partial charge < -0.3 is 20.1 Å². The molecule has 164 valence electrons. The summed E-state index contributed by atoms with van der Waals surface area (Å²) in [5.41, 5.74) is 2.47. The maximum atomic E-state index is 5.39. The Morgan fingerprint density at radius 1 is 1.20 bits per heavy atom. The first-order valence-electron chi connectivity index (χ1n) is 10.5. The molecule has 1 aliphatic rings. The van der Waals surface area contributed by atoms with Crippen LogP contribution in [0, 0.1) is 0 Å². The lowest BCUT2D eigenvalue weighted by molar-refractivity contribution is 0.321. The van der Waals surface area contributed by atoms with Crippen molar-refractivity contribution >= 4 is 5.96 Å². The number of rotatable bonds is 9. The van der Waals surface area contributed by atoms with E-state index in [4.69, 9.17) is 9.47 Å². The maximum Gasteiger partial charge on any atom is 0.191 e. The van der Waals surface area contributed by atoms with Gasteiger partial charge in [0.05, 0.1) is 20.4 Å². The van der Waals surface area contributed by atoms with E-state index in [2.05, 4.69) is 44.0 Å². The summed E-state index contributed by atoms with van der Waals surface area (Å²) in [6.07, 6.45) is 7.15. The molecule has 8 nitrogen and oxygen atoms in total. The third-order valence-electron chi connectivity index (χ3n) is 5.35. The minimum Gasteiger partial charge on any atom is -0.497 e. The van der Waals surface area contributed by atoms with Crippen molar-refractivity contribution in [2.45, 2.75) is 31.8 Å². The smallest absolute Gasteiger partial charge is 0.191 e. The molecule has 0 radical (unpaired) electrons. The van der Waals surface area contributed by atoms with E-state index in [0.29, 0.717) is 6.04 Å². The molecule has 8 heteroatoms. The molecule has 0 saturated carbocycles. The van der Waals surface area contributed by atoms with Crippen LogP contribution in [-0.4, -0.2) is 67.6 Å². The molecule has 1 aromatic heterocycles. The minimum atomic E-state index is 0.391. The molecule has 1 aliphatic heterocycles. The second kappa shape index (κ2) is 10.9. The van der Waals surface area contributed by atoms with Crippen molar-refractivity contribution in [1.29, 1.82) is 0 Å². The van der Waals surface area contributed by atoms with Crippen molar-refractivity contribution in [3.63, 3.8) is 0 Å². The molecular weight excluding hydrogens is 380 g/mol. The summed E-state index contributed by atoms with van der Waals surface area (Å²) in [6.45, 7) is 3.79. The number of aromatic nitrogens is 2. The first-order chi connectivity index (χ1) is 14.6. The van der Waals surface area contributed by atoms with E-state index in [-0.39, 0.29) is 0 Å². The summed E-state index contributed by atoms with van der Waals surface area (Å²) in [4.78, 5) is 6.83. The molecule has 30 heavy (non-hydrogen) atoms. The number of nitrogens with zero attached hydrogens (tertiary/aromatic N) is 4. The monoisotopic (exact) mass is 414 g/mol. The molecule has 1 atom stereocenters. The highest BCUT2D eigenvalue weighted by Gasteiger charge is 2.23. The Labute approximate surface area is 179 Å². The molecule has 1 aromatic carbocycles. The lowest BCUT2D eigenvalue weighted by atomic mass is 10.2. The van der Waals surface area contributed by atoms with Gasteiger partial charge >= 0.3 is 0 Å². The van der Waals surface area contributed by atoms with E-state index in [1.54, 1.807) is 14.2 Å². The van der Waals surface area contributed by atoms with Gasteiger partial charge in [0.25, 0.3) is 0 Å². The highest BCUT2D eigenvalue weighted by atomic mass is 16.5. The van der Waals surface area contributed by atoms with Gasteiger partial charge in [-0.25, -0.2) is 0 Å². The first-order valence-corrected chi connectivity index (χ1v) is 10.5. The number of nitrogens with one attached hydrogen (secondary N) is 2. The van der Waals surface area contributed by atoms with Crippen LogP contribution in [0.3, 0.4) is 0 Å². The third-order valence-corrected chi connectivity index (χ3v) is 5.35. The number of guanidine groups is 1. The maximum absolute atomic E-state index is 5.39. The molecule has 2 aromatic rings. The van der Waals surface area contributed by atoms with Gasteiger partial charge in [-0.15, -0.1) is 0 Å². The number of hydrogen-bond donors (Lipinski definition) is 2. The fourth-order valence-electron chi connectivity index (χ4n) is 3.80. The van der Waals surface area contributed by atoms with Gasteiger partial charge in [-0.1, -0.05) is 0 Å². The van der Waals surface area contributed by atoms with Crippen molar-refractivity contribution in [3.8, 4) is 11.5 Å². The van der Waals surface area contributed by atoms with Crippen LogP contribution in [-0.2, 0) is 20.0 Å². The van der Waals surface area contributed by atoms with Crippen LogP contribution in [0.5, 0.6) is 11.5 Å². The van der Waals surface area contributed by atoms with Crippen molar-refractivity contribution < 1.29 is 9.47 Å². The van der Waals surface area contributed by atoms with E-state index in [1.807, 2.05) is 31.0 Å². The topological polar surface area (TPSA) is 75.9 Å². The second-order valence-corrected chi connectivity index (χ2v) is 7.71. The van der Waals surface area contributed by atoms with Gasteiger partial charge in [-0.3, -0.25) is 14.6 Å². The lowest BCUT2D eigenvalue weighted by Gasteiger charge is -2.19. The van der Waals surface area contributed by atoms with Crippen LogP contribution in [0.25, 0.3) is 0 Å². The van der Waals surface area contributed by atoms with Gasteiger partial charge in [0.2, 0.25) is 0 Å². The highest BCUT2D eigenvalue weighted by molar-refractivity contribution is 5.80. The zero-order chi connectivity index (χ0) is 21.3. The predicted molar refractivity (Wildman–Crippen MR) is 119 cm³/mol. The lowest BCUT2D eigenvalue weighted by Crippen LogP contribution is -2.44. The standard InChI is InChI=1S/C22H34N6O2/c1-23-22(24-8-5-6-17-13-25-27(2)14-17)26-19-7-9-28(16-19)15-18-10-20(29-3)12-21(11-18)30-4/h10-14,19H,5-9,15-16H2,1-4H3,(H2,23,24,26). The first kappa shape index (κ1) is 22.0. The van der Waals surface area contributed by atoms with Gasteiger partial charge in [0.15, 0.2) is 5.96 Å². The fraction of sp³-hybridized carbons (Fsp3) is 0.545. The number of hydrogen-bond acceptors (Lipinski definition) is 5. The Kier molecular flexibility index (Phi) is 7.96. The Hall–Kier alpha value is -2.74. The highest BCUT2D eigenvalue weighted by Crippen LogP contribution is 2.24. The predicted octanol–water partition coefficient (Wildman–Crippen LogP) is 1.81. The van der Waals surface area contributed by atoms with Crippen LogP contribution < -0.4 is 20.1 Å². The average molecular weight is 415 g/mol. The molecular formula is C22H34N6O2. The largest absolute Gasteiger partial charge is 0.497 e. The molecule has 0 aliphatic carbocycles. The number of ether oxygens (including phenoxy) is 2. The zero-order valence-corrected chi connectivity index (χ0v) is 18.5. The summed E-state index contributed by atoms with van der Waals surface area (Å²) in [5, 5.41) is 11.2. The number of likely N-dealkylation sites (tertiary alicyclic amines) is 1. The van der Waals surface area contributed by atoms with Crippen LogP contribution >= 0.6 is 0 Å². The summed E-state index contributed by atoms with van der Waals surface area (Å²) >= 11 is 0. The van der Waals surface area contributed by atoms with Crippen molar-refractivity contribution in [2.75, 3.05) is 40.9 Å². The molecule has 1 fully saturated rings. The second-order valence-electron chi connectivity index (χ2n) is 7.71. The molecule has 3 rings (SSSR count). The molecule has 0 bridgehead atoms. The van der Waals surface area contributed by atoms with Crippen LogP contribution in [0.4, 0.5) is 0 Å². The van der Waals surface area contributed by atoms with Gasteiger partial charge in [0, 0.05) is 58.6 Å². The SMILES string of the molecule is CN=C(NCCCc1cnn(C)c1)NC1CCN(Cc2cc(OC)cc(OC)c2)C1. The zero-order valence-electron chi connectivity index (χ0n) is 18.5. The molecule has 0 spiro atoms. The normalized spacial score (nSPS) is 17.2. The van der Waals surface area contributed by atoms with Gasteiger partial charge in [0.1, 0.15) is 11.5 Å². The summed E-state index contributed by atoms with van der Waals surface area (Å²) in [6, 6.07) is 6.45. The van der Waals surface area contributed by atoms with Crippen LogP contribution in [0.1, 0.15) is 24.0 Å². The number of aryl methyl sites for hydroxylation is 2.